The second kappa shape index (κ2) is 7.12. The summed E-state index contributed by atoms with van der Waals surface area (Å²) in [7, 11) is 0. The maximum Gasteiger partial charge on any atom is 0.258 e. The number of ether oxygens (including phenoxy) is 1. The fourth-order valence-electron chi connectivity index (χ4n) is 2.50. The molecule has 3 rings (SSSR count). The topological polar surface area (TPSA) is 67.4 Å². The molecule has 0 radical (unpaired) electrons. The quantitative estimate of drug-likeness (QED) is 0.886. The van der Waals surface area contributed by atoms with Gasteiger partial charge in [0.25, 0.3) is 5.91 Å². The Hall–Kier alpha value is -2.89. The predicted octanol–water partition coefficient (Wildman–Crippen LogP) is 2.41. The van der Waals surface area contributed by atoms with E-state index in [2.05, 4.69) is 10.6 Å². The monoisotopic (exact) mass is 328 g/mol. The van der Waals surface area contributed by atoms with Gasteiger partial charge in [-0.1, -0.05) is 12.1 Å². The molecule has 0 aromatic heterocycles. The van der Waals surface area contributed by atoms with E-state index < -0.39 is 0 Å². The van der Waals surface area contributed by atoms with Gasteiger partial charge in [-0.15, -0.1) is 0 Å². The Kier molecular flexibility index (Phi) is 4.74. The first-order valence-electron chi connectivity index (χ1n) is 7.67. The lowest BCUT2D eigenvalue weighted by atomic mass is 10.0. The molecule has 1 heterocycles. The summed E-state index contributed by atoms with van der Waals surface area (Å²) in [4.78, 5) is 23.1. The standard InChI is InChI=1S/C18H17FN2O3/c19-14-3-1-2-12(8-14)10-20-18(23)11-24-15-5-6-16-13(9-15)4-7-17(22)21-16/h1-3,5-6,8-9H,4,7,10-11H2,(H,20,23)(H,21,22). The van der Waals surface area contributed by atoms with Gasteiger partial charge in [0.05, 0.1) is 0 Å². The Morgan fingerprint density at radius 1 is 1.21 bits per heavy atom. The van der Waals surface area contributed by atoms with Crippen LogP contribution in [-0.4, -0.2) is 18.4 Å². The van der Waals surface area contributed by atoms with Crippen LogP contribution >= 0.6 is 0 Å². The van der Waals surface area contributed by atoms with Crippen LogP contribution in [0.25, 0.3) is 0 Å². The molecule has 124 valence electrons. The van der Waals surface area contributed by atoms with Crippen LogP contribution in [0, 0.1) is 5.82 Å². The largest absolute Gasteiger partial charge is 0.484 e. The molecule has 1 aliphatic heterocycles. The van der Waals surface area contributed by atoms with E-state index in [4.69, 9.17) is 4.74 Å². The van der Waals surface area contributed by atoms with E-state index in [1.807, 2.05) is 6.07 Å². The van der Waals surface area contributed by atoms with E-state index >= 15 is 0 Å². The van der Waals surface area contributed by atoms with Gasteiger partial charge in [-0.3, -0.25) is 9.59 Å². The number of halogens is 1. The van der Waals surface area contributed by atoms with Crippen molar-refractivity contribution in [2.75, 3.05) is 11.9 Å². The third-order valence-corrected chi connectivity index (χ3v) is 3.72. The number of rotatable bonds is 5. The first-order valence-corrected chi connectivity index (χ1v) is 7.67. The lowest BCUT2D eigenvalue weighted by Crippen LogP contribution is -2.28. The van der Waals surface area contributed by atoms with E-state index in [0.717, 1.165) is 11.3 Å². The van der Waals surface area contributed by atoms with Gasteiger partial charge in [0.1, 0.15) is 11.6 Å². The molecule has 0 fully saturated rings. The first-order chi connectivity index (χ1) is 11.6. The van der Waals surface area contributed by atoms with E-state index in [1.165, 1.54) is 12.1 Å². The minimum atomic E-state index is -0.334. The number of hydrogen-bond donors (Lipinski definition) is 2. The SMILES string of the molecule is O=C(COc1ccc2c(c1)CCC(=O)N2)NCc1cccc(F)c1. The Balaban J connectivity index is 1.50. The van der Waals surface area contributed by atoms with Crippen molar-refractivity contribution in [2.24, 2.45) is 0 Å². The normalized spacial score (nSPS) is 13.0. The number of amides is 2. The number of aryl methyl sites for hydroxylation is 1. The number of carbonyl (C=O) groups excluding carboxylic acids is 2. The molecule has 24 heavy (non-hydrogen) atoms. The third kappa shape index (κ3) is 4.10. The molecule has 0 unspecified atom stereocenters. The lowest BCUT2D eigenvalue weighted by molar-refractivity contribution is -0.123. The summed E-state index contributed by atoms with van der Waals surface area (Å²) >= 11 is 0. The van der Waals surface area contributed by atoms with Crippen LogP contribution in [0.5, 0.6) is 5.75 Å². The number of carbonyl (C=O) groups is 2. The molecule has 0 spiro atoms. The molecule has 0 atom stereocenters. The smallest absolute Gasteiger partial charge is 0.258 e. The zero-order valence-electron chi connectivity index (χ0n) is 13.0. The molecule has 0 bridgehead atoms. The molecule has 2 N–H and O–H groups in total. The number of anilines is 1. The molecule has 1 aliphatic rings. The van der Waals surface area contributed by atoms with E-state index in [0.29, 0.717) is 24.2 Å². The van der Waals surface area contributed by atoms with Crippen molar-refractivity contribution in [1.82, 2.24) is 5.32 Å². The Morgan fingerprint density at radius 2 is 2.08 bits per heavy atom. The van der Waals surface area contributed by atoms with Crippen molar-refractivity contribution in [3.8, 4) is 5.75 Å². The molecule has 2 aromatic carbocycles. The molecule has 2 aromatic rings. The van der Waals surface area contributed by atoms with Gasteiger partial charge in [0, 0.05) is 18.7 Å². The highest BCUT2D eigenvalue weighted by Crippen LogP contribution is 2.26. The summed E-state index contributed by atoms with van der Waals surface area (Å²) in [6.45, 7) is 0.122. The van der Waals surface area contributed by atoms with Crippen LogP contribution in [-0.2, 0) is 22.6 Å². The number of benzene rings is 2. The Labute approximate surface area is 138 Å². The second-order valence-electron chi connectivity index (χ2n) is 5.56. The minimum Gasteiger partial charge on any atom is -0.484 e. The van der Waals surface area contributed by atoms with Gasteiger partial charge in [-0.25, -0.2) is 4.39 Å². The highest BCUT2D eigenvalue weighted by Gasteiger charge is 2.15. The van der Waals surface area contributed by atoms with Crippen molar-refractivity contribution in [1.29, 1.82) is 0 Å². The Bertz CT molecular complexity index is 777. The molecule has 0 saturated carbocycles. The van der Waals surface area contributed by atoms with Crippen LogP contribution < -0.4 is 15.4 Å². The van der Waals surface area contributed by atoms with Crippen LogP contribution in [0.2, 0.25) is 0 Å². The lowest BCUT2D eigenvalue weighted by Gasteiger charge is -2.17. The van der Waals surface area contributed by atoms with Crippen LogP contribution in [0.3, 0.4) is 0 Å². The van der Waals surface area contributed by atoms with Crippen molar-refractivity contribution in [3.63, 3.8) is 0 Å². The van der Waals surface area contributed by atoms with Gasteiger partial charge < -0.3 is 15.4 Å². The van der Waals surface area contributed by atoms with Gasteiger partial charge in [-0.2, -0.15) is 0 Å². The van der Waals surface area contributed by atoms with Crippen molar-refractivity contribution in [3.05, 3.63) is 59.4 Å². The van der Waals surface area contributed by atoms with Crippen molar-refractivity contribution in [2.45, 2.75) is 19.4 Å². The molecule has 6 heteroatoms. The maximum atomic E-state index is 13.1. The van der Waals surface area contributed by atoms with Gasteiger partial charge in [0.2, 0.25) is 5.91 Å². The van der Waals surface area contributed by atoms with Gasteiger partial charge in [-0.05, 0) is 47.9 Å². The maximum absolute atomic E-state index is 13.1. The highest BCUT2D eigenvalue weighted by atomic mass is 19.1. The highest BCUT2D eigenvalue weighted by molar-refractivity contribution is 5.94. The van der Waals surface area contributed by atoms with E-state index in [-0.39, 0.29) is 30.8 Å². The van der Waals surface area contributed by atoms with Crippen molar-refractivity contribution < 1.29 is 18.7 Å². The summed E-state index contributed by atoms with van der Waals surface area (Å²) in [6.07, 6.45) is 1.11. The van der Waals surface area contributed by atoms with E-state index in [1.54, 1.807) is 24.3 Å². The van der Waals surface area contributed by atoms with Crippen LogP contribution in [0.4, 0.5) is 10.1 Å². The average Bonchev–Trinajstić information content (AvgIpc) is 2.58. The zero-order valence-corrected chi connectivity index (χ0v) is 13.0. The van der Waals surface area contributed by atoms with Crippen LogP contribution in [0.1, 0.15) is 17.5 Å². The molecule has 2 amide bonds. The molecular formula is C18H17FN2O3. The number of nitrogens with one attached hydrogen (secondary N) is 2. The summed E-state index contributed by atoms with van der Waals surface area (Å²) < 4.78 is 18.5. The summed E-state index contributed by atoms with van der Waals surface area (Å²) in [5.41, 5.74) is 2.47. The second-order valence-corrected chi connectivity index (χ2v) is 5.56. The zero-order chi connectivity index (χ0) is 16.9. The fraction of sp³-hybridized carbons (Fsp3) is 0.222. The minimum absolute atomic E-state index is 0.00731. The van der Waals surface area contributed by atoms with Crippen molar-refractivity contribution >= 4 is 17.5 Å². The third-order valence-electron chi connectivity index (χ3n) is 3.72. The van der Waals surface area contributed by atoms with Gasteiger partial charge >= 0.3 is 0 Å². The molecule has 5 nitrogen and oxygen atoms in total. The average molecular weight is 328 g/mol. The summed E-state index contributed by atoms with van der Waals surface area (Å²) in [5, 5.41) is 5.47. The molecule has 0 aliphatic carbocycles. The molecule has 0 saturated heterocycles. The molecular weight excluding hydrogens is 311 g/mol. The Morgan fingerprint density at radius 3 is 2.92 bits per heavy atom. The number of hydrogen-bond acceptors (Lipinski definition) is 3. The van der Waals surface area contributed by atoms with E-state index in [9.17, 15) is 14.0 Å². The summed E-state index contributed by atoms with van der Waals surface area (Å²) in [6, 6.07) is 11.4. The van der Waals surface area contributed by atoms with Crippen LogP contribution in [0.15, 0.2) is 42.5 Å². The summed E-state index contributed by atoms with van der Waals surface area (Å²) in [5.74, 6) is -0.0388. The first kappa shape index (κ1) is 16.0. The number of fused-ring (bicyclic) bond motifs is 1. The predicted molar refractivity (Wildman–Crippen MR) is 87.1 cm³/mol. The fourth-order valence-corrected chi connectivity index (χ4v) is 2.50. The van der Waals surface area contributed by atoms with Gasteiger partial charge in [0.15, 0.2) is 6.61 Å².